The van der Waals surface area contributed by atoms with Gasteiger partial charge in [-0.25, -0.2) is 13.2 Å². The number of carbonyl (C=O) groups excluding carboxylic acids is 3. The molecule has 29 heavy (non-hydrogen) atoms. The van der Waals surface area contributed by atoms with Crippen molar-refractivity contribution in [2.24, 2.45) is 0 Å². The van der Waals surface area contributed by atoms with Crippen LogP contribution in [0.4, 0.5) is 4.79 Å². The number of imide groups is 1. The van der Waals surface area contributed by atoms with Crippen molar-refractivity contribution < 1.29 is 22.8 Å². The number of unbranched alkanes of at least 4 members (excludes halogenated alkanes) is 1. The lowest BCUT2D eigenvalue weighted by atomic mass is 9.85. The van der Waals surface area contributed by atoms with Crippen LogP contribution >= 0.6 is 0 Å². The summed E-state index contributed by atoms with van der Waals surface area (Å²) in [5.41, 5.74) is -1.38. The van der Waals surface area contributed by atoms with E-state index in [1.807, 2.05) is 13.0 Å². The molecule has 2 fully saturated rings. The van der Waals surface area contributed by atoms with Gasteiger partial charge >= 0.3 is 6.03 Å². The molecule has 2 heterocycles. The van der Waals surface area contributed by atoms with Crippen molar-refractivity contribution in [1.82, 2.24) is 15.5 Å². The zero-order valence-corrected chi connectivity index (χ0v) is 17.5. The first-order chi connectivity index (χ1) is 13.6. The molecule has 2 saturated heterocycles. The number of urea groups is 1. The molecule has 4 amide bonds. The number of benzene rings is 1. The van der Waals surface area contributed by atoms with Gasteiger partial charge < -0.3 is 10.6 Å². The summed E-state index contributed by atoms with van der Waals surface area (Å²) < 4.78 is 23.5. The van der Waals surface area contributed by atoms with Gasteiger partial charge in [0.2, 0.25) is 5.91 Å². The van der Waals surface area contributed by atoms with Crippen LogP contribution in [0.5, 0.6) is 0 Å². The molecule has 2 atom stereocenters. The second kappa shape index (κ2) is 7.78. The third-order valence-corrected chi connectivity index (χ3v) is 7.50. The number of hydrogen-bond acceptors (Lipinski definition) is 5. The topological polar surface area (TPSA) is 113 Å². The summed E-state index contributed by atoms with van der Waals surface area (Å²) >= 11 is 0. The molecule has 0 radical (unpaired) electrons. The van der Waals surface area contributed by atoms with Crippen LogP contribution in [0, 0.1) is 0 Å². The highest BCUT2D eigenvalue weighted by atomic mass is 32.2. The van der Waals surface area contributed by atoms with Crippen molar-refractivity contribution in [1.29, 1.82) is 0 Å². The number of carbonyl (C=O) groups is 3. The number of amides is 4. The number of nitrogens with zero attached hydrogens (tertiary/aromatic N) is 1. The van der Waals surface area contributed by atoms with E-state index in [4.69, 9.17) is 0 Å². The molecule has 3 rings (SSSR count). The molecule has 0 saturated carbocycles. The summed E-state index contributed by atoms with van der Waals surface area (Å²) in [5.74, 6) is -1.13. The number of sulfone groups is 1. The van der Waals surface area contributed by atoms with Crippen LogP contribution in [0.1, 0.15) is 45.1 Å². The Balaban J connectivity index is 1.78. The van der Waals surface area contributed by atoms with E-state index < -0.39 is 45.3 Å². The lowest BCUT2D eigenvalue weighted by molar-refractivity contribution is -0.136. The average Bonchev–Trinajstić information content (AvgIpc) is 3.07. The summed E-state index contributed by atoms with van der Waals surface area (Å²) in [7, 11) is -3.19. The van der Waals surface area contributed by atoms with Gasteiger partial charge in [-0.05, 0) is 25.3 Å². The smallest absolute Gasteiger partial charge is 0.325 e. The Morgan fingerprint density at radius 2 is 1.93 bits per heavy atom. The summed E-state index contributed by atoms with van der Waals surface area (Å²) in [5, 5.41) is 5.50. The van der Waals surface area contributed by atoms with Crippen LogP contribution < -0.4 is 10.6 Å². The summed E-state index contributed by atoms with van der Waals surface area (Å²) in [6.07, 6.45) is 2.33. The molecule has 0 unspecified atom stereocenters. The molecular formula is C20H27N3O5S. The standard InChI is InChI=1S/C20H27N3O5S/c1-3-4-10-20(15-8-6-5-7-9-15)17(25)23(18(26)22-20)13-16(24)21-19(2)11-12-29(27,28)14-19/h5-9H,3-4,10-14H2,1-2H3,(H,21,24)(H,22,26)/t19-,20-/m0/s1. The lowest BCUT2D eigenvalue weighted by Gasteiger charge is -2.28. The first-order valence-electron chi connectivity index (χ1n) is 9.82. The minimum atomic E-state index is -3.19. The van der Waals surface area contributed by atoms with E-state index in [0.29, 0.717) is 18.4 Å². The van der Waals surface area contributed by atoms with Crippen LogP contribution in [0.15, 0.2) is 30.3 Å². The van der Waals surface area contributed by atoms with E-state index >= 15 is 0 Å². The van der Waals surface area contributed by atoms with E-state index in [9.17, 15) is 22.8 Å². The molecule has 158 valence electrons. The predicted molar refractivity (Wildman–Crippen MR) is 108 cm³/mol. The van der Waals surface area contributed by atoms with Gasteiger partial charge in [0.1, 0.15) is 12.1 Å². The van der Waals surface area contributed by atoms with Gasteiger partial charge in [-0.15, -0.1) is 0 Å². The first kappa shape index (κ1) is 21.3. The maximum atomic E-state index is 13.3. The fourth-order valence-corrected chi connectivity index (χ4v) is 6.17. The molecule has 2 aliphatic rings. The Bertz CT molecular complexity index is 917. The molecule has 0 aromatic heterocycles. The molecule has 1 aromatic carbocycles. The lowest BCUT2D eigenvalue weighted by Crippen LogP contribution is -2.51. The van der Waals surface area contributed by atoms with Gasteiger partial charge in [-0.1, -0.05) is 50.1 Å². The van der Waals surface area contributed by atoms with Crippen LogP contribution in [0.3, 0.4) is 0 Å². The molecule has 0 aliphatic carbocycles. The molecule has 2 aliphatic heterocycles. The largest absolute Gasteiger partial charge is 0.348 e. The van der Waals surface area contributed by atoms with Gasteiger partial charge in [-0.2, -0.15) is 0 Å². The monoisotopic (exact) mass is 421 g/mol. The van der Waals surface area contributed by atoms with Crippen LogP contribution in [-0.2, 0) is 25.0 Å². The fraction of sp³-hybridized carbons (Fsp3) is 0.550. The maximum absolute atomic E-state index is 13.3. The Kier molecular flexibility index (Phi) is 5.71. The third-order valence-electron chi connectivity index (χ3n) is 5.59. The average molecular weight is 422 g/mol. The molecule has 0 bridgehead atoms. The van der Waals surface area contributed by atoms with E-state index in [0.717, 1.165) is 17.7 Å². The second-order valence-corrected chi connectivity index (χ2v) is 10.3. The molecule has 2 N–H and O–H groups in total. The van der Waals surface area contributed by atoms with Gasteiger partial charge in [0, 0.05) is 0 Å². The number of hydrogen-bond donors (Lipinski definition) is 2. The van der Waals surface area contributed by atoms with Crippen LogP contribution in [0.2, 0.25) is 0 Å². The minimum absolute atomic E-state index is 0.0149. The van der Waals surface area contributed by atoms with Crippen molar-refractivity contribution >= 4 is 27.7 Å². The fourth-order valence-electron chi connectivity index (χ4n) is 4.07. The molecule has 8 nitrogen and oxygen atoms in total. The van der Waals surface area contributed by atoms with E-state index in [1.165, 1.54) is 0 Å². The maximum Gasteiger partial charge on any atom is 0.325 e. The van der Waals surface area contributed by atoms with Crippen LogP contribution in [0.25, 0.3) is 0 Å². The Morgan fingerprint density at radius 1 is 1.24 bits per heavy atom. The van der Waals surface area contributed by atoms with Crippen molar-refractivity contribution in [2.75, 3.05) is 18.1 Å². The van der Waals surface area contributed by atoms with Crippen molar-refractivity contribution in [3.63, 3.8) is 0 Å². The zero-order chi connectivity index (χ0) is 21.3. The Morgan fingerprint density at radius 3 is 2.52 bits per heavy atom. The highest BCUT2D eigenvalue weighted by Gasteiger charge is 2.52. The van der Waals surface area contributed by atoms with E-state index in [1.54, 1.807) is 31.2 Å². The van der Waals surface area contributed by atoms with E-state index in [-0.39, 0.29) is 11.5 Å². The quantitative estimate of drug-likeness (QED) is 0.645. The number of nitrogens with one attached hydrogen (secondary N) is 2. The van der Waals surface area contributed by atoms with Gasteiger partial charge in [0.15, 0.2) is 9.84 Å². The van der Waals surface area contributed by atoms with Crippen LogP contribution in [-0.4, -0.2) is 54.8 Å². The summed E-state index contributed by atoms with van der Waals surface area (Å²) in [6, 6.07) is 8.41. The summed E-state index contributed by atoms with van der Waals surface area (Å²) in [6.45, 7) is 3.22. The third kappa shape index (κ3) is 4.29. The van der Waals surface area contributed by atoms with Gasteiger partial charge in [-0.3, -0.25) is 14.5 Å². The Labute approximate surface area is 170 Å². The first-order valence-corrected chi connectivity index (χ1v) is 11.6. The highest BCUT2D eigenvalue weighted by Crippen LogP contribution is 2.34. The predicted octanol–water partition coefficient (Wildman–Crippen LogP) is 1.32. The highest BCUT2D eigenvalue weighted by molar-refractivity contribution is 7.91. The molecule has 9 heteroatoms. The summed E-state index contributed by atoms with van der Waals surface area (Å²) in [4.78, 5) is 39.3. The van der Waals surface area contributed by atoms with E-state index in [2.05, 4.69) is 10.6 Å². The Hall–Kier alpha value is -2.42. The zero-order valence-electron chi connectivity index (χ0n) is 16.7. The number of rotatable bonds is 7. The SMILES string of the molecule is CCCC[C@@]1(c2ccccc2)NC(=O)N(CC(=O)N[C@@]2(C)CCS(=O)(=O)C2)C1=O. The van der Waals surface area contributed by atoms with Gasteiger partial charge in [0.25, 0.3) is 5.91 Å². The molecule has 1 aromatic rings. The minimum Gasteiger partial charge on any atom is -0.348 e. The molecule has 0 spiro atoms. The van der Waals surface area contributed by atoms with Gasteiger partial charge in [0.05, 0.1) is 17.0 Å². The van der Waals surface area contributed by atoms with Crippen molar-refractivity contribution in [3.8, 4) is 0 Å². The van der Waals surface area contributed by atoms with Crippen molar-refractivity contribution in [2.45, 2.75) is 50.6 Å². The normalized spacial score (nSPS) is 28.4. The molecular weight excluding hydrogens is 394 g/mol. The second-order valence-electron chi connectivity index (χ2n) is 8.15. The van der Waals surface area contributed by atoms with Crippen molar-refractivity contribution in [3.05, 3.63) is 35.9 Å².